The number of carbonyl (C=O) groups excluding carboxylic acids is 1. The number of morpholine rings is 1. The van der Waals surface area contributed by atoms with Crippen LogP contribution in [-0.2, 0) is 25.1 Å². The van der Waals surface area contributed by atoms with Gasteiger partial charge in [-0.3, -0.25) is 4.79 Å². The Hall–Kier alpha value is -1.44. The van der Waals surface area contributed by atoms with E-state index in [1.54, 1.807) is 45.0 Å². The summed E-state index contributed by atoms with van der Waals surface area (Å²) in [5.41, 5.74) is 1.37. The van der Waals surface area contributed by atoms with E-state index in [9.17, 15) is 13.2 Å². The molecule has 2 N–H and O–H groups in total. The highest BCUT2D eigenvalue weighted by Gasteiger charge is 2.28. The second-order valence-corrected chi connectivity index (χ2v) is 9.79. The number of anilines is 1. The van der Waals surface area contributed by atoms with Crippen LogP contribution in [0, 0.1) is 0 Å². The van der Waals surface area contributed by atoms with Gasteiger partial charge >= 0.3 is 0 Å². The molecule has 1 aromatic rings. The summed E-state index contributed by atoms with van der Waals surface area (Å²) in [4.78, 5) is 12.0. The lowest BCUT2D eigenvalue weighted by molar-refractivity contribution is -0.117. The molecule has 0 bridgehead atoms. The first-order chi connectivity index (χ1) is 11.2. The average molecular weight is 354 g/mol. The molecule has 0 aromatic heterocycles. The summed E-state index contributed by atoms with van der Waals surface area (Å²) in [6.45, 7) is 7.06. The van der Waals surface area contributed by atoms with E-state index < -0.39 is 14.6 Å². The standard InChI is InChI=1S/C17H26N2O4S/c1-17(2,3)24(21,22)12-13-4-6-14(7-5-13)19-16(20)10-15-11-23-9-8-18-15/h4-7,15,18H,8-12H2,1-3H3,(H,19,20). The molecule has 1 aliphatic heterocycles. The van der Waals surface area contributed by atoms with Crippen LogP contribution in [0.1, 0.15) is 32.8 Å². The van der Waals surface area contributed by atoms with E-state index in [1.807, 2.05) is 0 Å². The molecule has 1 aromatic carbocycles. The maximum Gasteiger partial charge on any atom is 0.226 e. The first-order valence-electron chi connectivity index (χ1n) is 8.09. The zero-order valence-corrected chi connectivity index (χ0v) is 15.3. The van der Waals surface area contributed by atoms with Crippen molar-refractivity contribution in [2.45, 2.75) is 43.7 Å². The van der Waals surface area contributed by atoms with E-state index in [0.717, 1.165) is 6.54 Å². The Morgan fingerprint density at radius 2 is 1.96 bits per heavy atom. The monoisotopic (exact) mass is 354 g/mol. The first kappa shape index (κ1) is 18.9. The summed E-state index contributed by atoms with van der Waals surface area (Å²) < 4.78 is 29.0. The van der Waals surface area contributed by atoms with E-state index in [4.69, 9.17) is 4.74 Å². The van der Waals surface area contributed by atoms with Crippen LogP contribution in [0.5, 0.6) is 0 Å². The average Bonchev–Trinajstić information content (AvgIpc) is 2.49. The Morgan fingerprint density at radius 1 is 1.29 bits per heavy atom. The van der Waals surface area contributed by atoms with Crippen LogP contribution in [-0.4, -0.2) is 44.9 Å². The fraction of sp³-hybridized carbons (Fsp3) is 0.588. The lowest BCUT2D eigenvalue weighted by Crippen LogP contribution is -2.43. The van der Waals surface area contributed by atoms with E-state index in [0.29, 0.717) is 30.9 Å². The van der Waals surface area contributed by atoms with Crippen LogP contribution in [0.3, 0.4) is 0 Å². The zero-order valence-electron chi connectivity index (χ0n) is 14.5. The number of carbonyl (C=O) groups is 1. The second kappa shape index (κ2) is 7.63. The minimum absolute atomic E-state index is 0.00589. The molecule has 1 saturated heterocycles. The van der Waals surface area contributed by atoms with Gasteiger partial charge in [-0.1, -0.05) is 12.1 Å². The number of benzene rings is 1. The van der Waals surface area contributed by atoms with Gasteiger partial charge in [0, 0.05) is 24.7 Å². The Labute approximate surface area is 143 Å². The highest BCUT2D eigenvalue weighted by Crippen LogP contribution is 2.21. The smallest absolute Gasteiger partial charge is 0.226 e. The number of rotatable bonds is 5. The molecule has 6 nitrogen and oxygen atoms in total. The summed E-state index contributed by atoms with van der Waals surface area (Å²) in [7, 11) is -3.22. The van der Waals surface area contributed by atoms with Gasteiger partial charge in [0.1, 0.15) is 0 Å². The maximum atomic E-state index is 12.2. The highest BCUT2D eigenvalue weighted by atomic mass is 32.2. The van der Waals surface area contributed by atoms with Gasteiger partial charge in [0.25, 0.3) is 0 Å². The van der Waals surface area contributed by atoms with Crippen LogP contribution in [0.15, 0.2) is 24.3 Å². The fourth-order valence-electron chi connectivity index (χ4n) is 2.31. The molecule has 1 fully saturated rings. The van der Waals surface area contributed by atoms with Crippen molar-refractivity contribution in [2.24, 2.45) is 0 Å². The first-order valence-corrected chi connectivity index (χ1v) is 9.75. The van der Waals surface area contributed by atoms with Crippen LogP contribution < -0.4 is 10.6 Å². The van der Waals surface area contributed by atoms with E-state index in [2.05, 4.69) is 10.6 Å². The van der Waals surface area contributed by atoms with Crippen molar-refractivity contribution in [1.29, 1.82) is 0 Å². The molecular formula is C17H26N2O4S. The molecule has 0 aliphatic carbocycles. The van der Waals surface area contributed by atoms with Crippen molar-refractivity contribution in [1.82, 2.24) is 5.32 Å². The molecule has 24 heavy (non-hydrogen) atoms. The fourth-order valence-corrected chi connectivity index (χ4v) is 3.37. The Bertz CT molecular complexity index is 657. The third-order valence-electron chi connectivity index (χ3n) is 3.96. The number of ether oxygens (including phenoxy) is 1. The normalized spacial score (nSPS) is 19.0. The van der Waals surface area contributed by atoms with Gasteiger partial charge in [0.15, 0.2) is 9.84 Å². The minimum atomic E-state index is -3.22. The third-order valence-corrected chi connectivity index (χ3v) is 6.54. The molecule has 0 saturated carbocycles. The lowest BCUT2D eigenvalue weighted by Gasteiger charge is -2.23. The SMILES string of the molecule is CC(C)(C)S(=O)(=O)Cc1ccc(NC(=O)CC2COCCN2)cc1. The number of hydrogen-bond acceptors (Lipinski definition) is 5. The highest BCUT2D eigenvalue weighted by molar-refractivity contribution is 7.91. The Kier molecular flexibility index (Phi) is 6.01. The van der Waals surface area contributed by atoms with E-state index >= 15 is 0 Å². The van der Waals surface area contributed by atoms with Gasteiger partial charge in [-0.2, -0.15) is 0 Å². The predicted molar refractivity (Wildman–Crippen MR) is 94.7 cm³/mol. The molecule has 1 amide bonds. The summed E-state index contributed by atoms with van der Waals surface area (Å²) in [5.74, 6) is -0.0956. The molecule has 1 heterocycles. The van der Waals surface area contributed by atoms with Crippen molar-refractivity contribution in [3.05, 3.63) is 29.8 Å². The van der Waals surface area contributed by atoms with Crippen LogP contribution in [0.25, 0.3) is 0 Å². The number of nitrogens with one attached hydrogen (secondary N) is 2. The quantitative estimate of drug-likeness (QED) is 0.841. The molecule has 134 valence electrons. The van der Waals surface area contributed by atoms with Crippen LogP contribution in [0.2, 0.25) is 0 Å². The second-order valence-electron chi connectivity index (χ2n) is 7.05. The van der Waals surface area contributed by atoms with Gasteiger partial charge in [-0.25, -0.2) is 8.42 Å². The molecule has 1 atom stereocenters. The number of sulfone groups is 1. The summed E-state index contributed by atoms with van der Waals surface area (Å²) in [5, 5.41) is 6.06. The molecule has 1 unspecified atom stereocenters. The predicted octanol–water partition coefficient (Wildman–Crippen LogP) is 1.72. The van der Waals surface area contributed by atoms with E-state index in [-0.39, 0.29) is 17.7 Å². The van der Waals surface area contributed by atoms with Crippen LogP contribution >= 0.6 is 0 Å². The maximum absolute atomic E-state index is 12.2. The Morgan fingerprint density at radius 3 is 2.50 bits per heavy atom. The molecular weight excluding hydrogens is 328 g/mol. The van der Waals surface area contributed by atoms with Crippen molar-refractivity contribution in [2.75, 3.05) is 25.1 Å². The Balaban J connectivity index is 1.91. The molecule has 7 heteroatoms. The van der Waals surface area contributed by atoms with Crippen LogP contribution in [0.4, 0.5) is 5.69 Å². The number of amides is 1. The number of hydrogen-bond donors (Lipinski definition) is 2. The van der Waals surface area contributed by atoms with Gasteiger partial charge in [0.05, 0.1) is 23.7 Å². The van der Waals surface area contributed by atoms with Gasteiger partial charge in [-0.05, 0) is 38.5 Å². The summed E-state index contributed by atoms with van der Waals surface area (Å²) >= 11 is 0. The van der Waals surface area contributed by atoms with Crippen molar-refractivity contribution < 1.29 is 17.9 Å². The third kappa shape index (κ3) is 5.29. The molecule has 1 aliphatic rings. The zero-order chi connectivity index (χ0) is 17.8. The largest absolute Gasteiger partial charge is 0.378 e. The summed E-state index contributed by atoms with van der Waals surface area (Å²) in [6.07, 6.45) is 0.347. The lowest BCUT2D eigenvalue weighted by atomic mass is 10.2. The van der Waals surface area contributed by atoms with Crippen molar-refractivity contribution >= 4 is 21.4 Å². The van der Waals surface area contributed by atoms with Gasteiger partial charge in [0.2, 0.25) is 5.91 Å². The van der Waals surface area contributed by atoms with Gasteiger partial charge < -0.3 is 15.4 Å². The molecule has 2 rings (SSSR count). The minimum Gasteiger partial charge on any atom is -0.378 e. The molecule has 0 spiro atoms. The molecule has 0 radical (unpaired) electrons. The summed E-state index contributed by atoms with van der Waals surface area (Å²) in [6, 6.07) is 6.98. The van der Waals surface area contributed by atoms with E-state index in [1.165, 1.54) is 0 Å². The van der Waals surface area contributed by atoms with Crippen molar-refractivity contribution in [3.8, 4) is 0 Å². The van der Waals surface area contributed by atoms with Crippen molar-refractivity contribution in [3.63, 3.8) is 0 Å². The topological polar surface area (TPSA) is 84.5 Å². The van der Waals surface area contributed by atoms with Gasteiger partial charge in [-0.15, -0.1) is 0 Å².